The van der Waals surface area contributed by atoms with Gasteiger partial charge in [-0.1, -0.05) is 18.2 Å². The zero-order valence-corrected chi connectivity index (χ0v) is 15.7. The minimum absolute atomic E-state index is 0.179. The fraction of sp³-hybridized carbons (Fsp3) is 0.150. The second-order valence-corrected chi connectivity index (χ2v) is 6.10. The number of nitrogens with one attached hydrogen (secondary N) is 1. The lowest BCUT2D eigenvalue weighted by molar-refractivity contribution is 0.340. The van der Waals surface area contributed by atoms with Gasteiger partial charge in [0.1, 0.15) is 11.5 Å². The number of phenols is 1. The van der Waals surface area contributed by atoms with Gasteiger partial charge in [-0.3, -0.25) is 0 Å². The highest BCUT2D eigenvalue weighted by atomic mass is 32.1. The highest BCUT2D eigenvalue weighted by Gasteiger charge is 2.09. The highest BCUT2D eigenvalue weighted by Crippen LogP contribution is 2.23. The van der Waals surface area contributed by atoms with E-state index in [-0.39, 0.29) is 5.75 Å². The maximum absolute atomic E-state index is 10.4. The molecule has 0 aliphatic rings. The Balaban J connectivity index is 1.94. The van der Waals surface area contributed by atoms with Crippen LogP contribution in [0.1, 0.15) is 18.1 Å². The molecule has 6 nitrogen and oxygen atoms in total. The Morgan fingerprint density at radius 2 is 2.07 bits per heavy atom. The Bertz CT molecular complexity index is 1020. The lowest BCUT2D eigenvalue weighted by Gasteiger charge is -2.06. The molecule has 0 atom stereocenters. The Kier molecular flexibility index (Phi) is 5.83. The summed E-state index contributed by atoms with van der Waals surface area (Å²) in [5, 5.41) is 21.8. The molecule has 0 aliphatic heterocycles. The van der Waals surface area contributed by atoms with Crippen LogP contribution in [0, 0.1) is 4.77 Å². The molecule has 1 aromatic heterocycles. The minimum Gasteiger partial charge on any atom is -0.507 e. The summed E-state index contributed by atoms with van der Waals surface area (Å²) in [6.45, 7) is 6.25. The fourth-order valence-electron chi connectivity index (χ4n) is 2.61. The van der Waals surface area contributed by atoms with Gasteiger partial charge in [-0.2, -0.15) is 14.9 Å². The van der Waals surface area contributed by atoms with Gasteiger partial charge in [0.25, 0.3) is 0 Å². The summed E-state index contributed by atoms with van der Waals surface area (Å²) in [7, 11) is 0. The molecule has 0 saturated heterocycles. The van der Waals surface area contributed by atoms with Crippen LogP contribution in [0.5, 0.6) is 11.5 Å². The number of aromatic hydroxyl groups is 1. The molecule has 3 rings (SSSR count). The van der Waals surface area contributed by atoms with Crippen LogP contribution < -0.4 is 4.74 Å². The summed E-state index contributed by atoms with van der Waals surface area (Å²) in [4.78, 5) is 0. The number of benzene rings is 2. The molecule has 138 valence electrons. The van der Waals surface area contributed by atoms with Gasteiger partial charge in [-0.25, -0.2) is 5.10 Å². The SMILES string of the molecule is C=CCc1cccc(C=Nn2c(-c3ccc(OCC)cc3)n[nH]c2=S)c1O. The maximum atomic E-state index is 10.4. The lowest BCUT2D eigenvalue weighted by Crippen LogP contribution is -1.96. The van der Waals surface area contributed by atoms with Crippen LogP contribution in [-0.4, -0.2) is 32.8 Å². The standard InChI is InChI=1S/C20H20N4O2S/c1-3-6-14-7-5-8-16(18(14)25)13-21-24-19(22-23-20(24)27)15-9-11-17(12-10-15)26-4-2/h3,5,7-13,25H,1,4,6H2,2H3,(H,23,27). The first-order valence-corrected chi connectivity index (χ1v) is 8.91. The summed E-state index contributed by atoms with van der Waals surface area (Å²) in [5.74, 6) is 1.54. The Morgan fingerprint density at radius 1 is 1.30 bits per heavy atom. The van der Waals surface area contributed by atoms with Crippen molar-refractivity contribution in [3.05, 3.63) is 71.0 Å². The van der Waals surface area contributed by atoms with Crippen molar-refractivity contribution in [3.63, 3.8) is 0 Å². The summed E-state index contributed by atoms with van der Waals surface area (Å²) >= 11 is 5.29. The van der Waals surface area contributed by atoms with Crippen LogP contribution in [0.3, 0.4) is 0 Å². The summed E-state index contributed by atoms with van der Waals surface area (Å²) in [6.07, 6.45) is 3.88. The maximum Gasteiger partial charge on any atom is 0.216 e. The van der Waals surface area contributed by atoms with E-state index in [4.69, 9.17) is 17.0 Å². The Hall–Kier alpha value is -3.19. The van der Waals surface area contributed by atoms with E-state index in [2.05, 4.69) is 21.9 Å². The van der Waals surface area contributed by atoms with Crippen molar-refractivity contribution in [1.82, 2.24) is 14.9 Å². The number of aromatic amines is 1. The van der Waals surface area contributed by atoms with Crippen LogP contribution in [0.2, 0.25) is 0 Å². The van der Waals surface area contributed by atoms with Gasteiger partial charge >= 0.3 is 0 Å². The van der Waals surface area contributed by atoms with Gasteiger partial charge in [0.15, 0.2) is 5.82 Å². The molecule has 3 aromatic rings. The second-order valence-electron chi connectivity index (χ2n) is 5.71. The first-order valence-electron chi connectivity index (χ1n) is 8.50. The van der Waals surface area contributed by atoms with Gasteiger partial charge in [-0.15, -0.1) is 6.58 Å². The van der Waals surface area contributed by atoms with E-state index in [1.165, 1.54) is 4.68 Å². The first-order chi connectivity index (χ1) is 13.1. The lowest BCUT2D eigenvalue weighted by atomic mass is 10.1. The van der Waals surface area contributed by atoms with Crippen LogP contribution in [0.15, 0.2) is 60.2 Å². The third kappa shape index (κ3) is 4.15. The predicted molar refractivity (Wildman–Crippen MR) is 109 cm³/mol. The number of rotatable bonds is 7. The van der Waals surface area contributed by atoms with E-state index < -0.39 is 0 Å². The number of H-pyrrole nitrogens is 1. The van der Waals surface area contributed by atoms with Gasteiger partial charge in [0.2, 0.25) is 4.77 Å². The number of allylic oxidation sites excluding steroid dienone is 1. The molecule has 0 bridgehead atoms. The molecular formula is C20H20N4O2S. The molecule has 7 heteroatoms. The number of phenolic OH excluding ortho intramolecular Hbond substituents is 1. The predicted octanol–water partition coefficient (Wildman–Crippen LogP) is 4.32. The van der Waals surface area contributed by atoms with Gasteiger partial charge < -0.3 is 9.84 Å². The number of para-hydroxylation sites is 1. The fourth-order valence-corrected chi connectivity index (χ4v) is 2.79. The van der Waals surface area contributed by atoms with Crippen molar-refractivity contribution in [1.29, 1.82) is 0 Å². The van der Waals surface area contributed by atoms with Gasteiger partial charge in [0.05, 0.1) is 12.8 Å². The number of hydrogen-bond acceptors (Lipinski definition) is 5. The minimum atomic E-state index is 0.179. The molecule has 0 saturated carbocycles. The normalized spacial score (nSPS) is 11.0. The quantitative estimate of drug-likeness (QED) is 0.364. The van der Waals surface area contributed by atoms with E-state index in [0.29, 0.717) is 29.2 Å². The van der Waals surface area contributed by atoms with E-state index in [9.17, 15) is 5.11 Å². The van der Waals surface area contributed by atoms with E-state index in [0.717, 1.165) is 16.9 Å². The molecule has 0 fully saturated rings. The zero-order chi connectivity index (χ0) is 19.2. The average molecular weight is 380 g/mol. The topological polar surface area (TPSA) is 75.4 Å². The van der Waals surface area contributed by atoms with Crippen molar-refractivity contribution in [2.45, 2.75) is 13.3 Å². The van der Waals surface area contributed by atoms with Crippen molar-refractivity contribution in [2.24, 2.45) is 5.10 Å². The number of hydrogen-bond donors (Lipinski definition) is 2. The Morgan fingerprint density at radius 3 is 2.78 bits per heavy atom. The Labute approximate surface area is 162 Å². The van der Waals surface area contributed by atoms with Crippen molar-refractivity contribution in [2.75, 3.05) is 6.61 Å². The van der Waals surface area contributed by atoms with Crippen LogP contribution in [0.4, 0.5) is 0 Å². The van der Waals surface area contributed by atoms with Crippen LogP contribution in [0.25, 0.3) is 11.4 Å². The van der Waals surface area contributed by atoms with Crippen molar-refractivity contribution in [3.8, 4) is 22.9 Å². The molecule has 2 aromatic carbocycles. The van der Waals surface area contributed by atoms with E-state index >= 15 is 0 Å². The first kappa shape index (κ1) is 18.6. The summed E-state index contributed by atoms with van der Waals surface area (Å²) in [6, 6.07) is 13.0. The highest BCUT2D eigenvalue weighted by molar-refractivity contribution is 7.71. The van der Waals surface area contributed by atoms with Gasteiger partial charge in [-0.05, 0) is 61.5 Å². The molecule has 2 N–H and O–H groups in total. The molecule has 0 spiro atoms. The zero-order valence-electron chi connectivity index (χ0n) is 14.9. The van der Waals surface area contributed by atoms with E-state index in [1.807, 2.05) is 43.3 Å². The summed E-state index contributed by atoms with van der Waals surface area (Å²) in [5.41, 5.74) is 2.22. The number of nitrogens with zero attached hydrogens (tertiary/aromatic N) is 3. The number of aromatic nitrogens is 3. The van der Waals surface area contributed by atoms with E-state index in [1.54, 1.807) is 18.4 Å². The van der Waals surface area contributed by atoms with Crippen molar-refractivity contribution >= 4 is 18.4 Å². The third-order valence-corrected chi connectivity index (χ3v) is 4.17. The molecule has 0 aliphatic carbocycles. The average Bonchev–Trinajstić information content (AvgIpc) is 3.04. The molecular weight excluding hydrogens is 360 g/mol. The summed E-state index contributed by atoms with van der Waals surface area (Å²) < 4.78 is 7.34. The second kappa shape index (κ2) is 8.46. The van der Waals surface area contributed by atoms with Crippen LogP contribution in [-0.2, 0) is 6.42 Å². The number of ether oxygens (including phenoxy) is 1. The molecule has 0 amide bonds. The van der Waals surface area contributed by atoms with Crippen molar-refractivity contribution < 1.29 is 9.84 Å². The largest absolute Gasteiger partial charge is 0.507 e. The molecule has 0 radical (unpaired) electrons. The molecule has 27 heavy (non-hydrogen) atoms. The van der Waals surface area contributed by atoms with Crippen LogP contribution >= 0.6 is 12.2 Å². The smallest absolute Gasteiger partial charge is 0.216 e. The monoisotopic (exact) mass is 380 g/mol. The molecule has 1 heterocycles. The van der Waals surface area contributed by atoms with Gasteiger partial charge in [0, 0.05) is 11.1 Å². The third-order valence-electron chi connectivity index (χ3n) is 3.90. The molecule has 0 unspecified atom stereocenters.